The number of nitrogens with zero attached hydrogens (tertiary/aromatic N) is 3. The molecule has 0 saturated heterocycles. The molecule has 0 aliphatic heterocycles. The molecule has 0 spiro atoms. The lowest BCUT2D eigenvalue weighted by molar-refractivity contribution is -0.0162. The fourth-order valence-corrected chi connectivity index (χ4v) is 7.46. The number of anilines is 1. The summed E-state index contributed by atoms with van der Waals surface area (Å²) in [5, 5.41) is 8.11. The van der Waals surface area contributed by atoms with Gasteiger partial charge in [-0.05, 0) is 81.0 Å². The summed E-state index contributed by atoms with van der Waals surface area (Å²) < 4.78 is 36.0. The summed E-state index contributed by atoms with van der Waals surface area (Å²) in [7, 11) is -3.38. The molecule has 168 valence electrons. The monoisotopic (exact) mass is 444 g/mol. The van der Waals surface area contributed by atoms with E-state index >= 15 is 0 Å². The highest BCUT2D eigenvalue weighted by Gasteiger charge is 2.42. The molecule has 31 heavy (non-hydrogen) atoms. The number of fused-ring (bicyclic) bond motifs is 3. The molecule has 2 heterocycles. The Hall–Kier alpha value is -1.83. The van der Waals surface area contributed by atoms with Gasteiger partial charge >= 0.3 is 0 Å². The number of sulfonamides is 1. The van der Waals surface area contributed by atoms with Crippen molar-refractivity contribution in [2.75, 3.05) is 4.72 Å². The van der Waals surface area contributed by atoms with Crippen LogP contribution in [0.3, 0.4) is 0 Å². The first kappa shape index (κ1) is 19.8. The van der Waals surface area contributed by atoms with E-state index in [4.69, 9.17) is 4.74 Å². The van der Waals surface area contributed by atoms with Gasteiger partial charge in [0.2, 0.25) is 16.0 Å². The highest BCUT2D eigenvalue weighted by molar-refractivity contribution is 7.93. The van der Waals surface area contributed by atoms with Crippen molar-refractivity contribution in [3.63, 3.8) is 0 Å². The first-order valence-corrected chi connectivity index (χ1v) is 13.5. The van der Waals surface area contributed by atoms with E-state index in [1.807, 2.05) is 12.3 Å². The molecule has 0 radical (unpaired) electrons. The van der Waals surface area contributed by atoms with Crippen LogP contribution in [0.2, 0.25) is 0 Å². The fraction of sp³-hybridized carbons (Fsp3) is 0.739. The number of rotatable bonds is 6. The smallest absolute Gasteiger partial charge is 0.242 e. The van der Waals surface area contributed by atoms with E-state index in [0.29, 0.717) is 23.4 Å². The van der Waals surface area contributed by atoms with Crippen LogP contribution < -0.4 is 9.46 Å². The summed E-state index contributed by atoms with van der Waals surface area (Å²) in [6.07, 6.45) is 11.2. The standard InChI is InChI=1S/C23H32N4O3S/c1-13-7-15-9-14(2)22(17(8-13)10-15)30-20-11-21-24-25-23(26-31(28,29)18-5-6-18)27(21)12-19(20)16-3-4-16/h11-18,22H,3-10H2,1-2H3,(H,25,26). The predicted octanol–water partition coefficient (Wildman–Crippen LogP) is 4.35. The summed E-state index contributed by atoms with van der Waals surface area (Å²) in [6, 6.07) is 1.97. The minimum Gasteiger partial charge on any atom is -0.489 e. The summed E-state index contributed by atoms with van der Waals surface area (Å²) in [5.74, 6) is 4.50. The quantitative estimate of drug-likeness (QED) is 0.716. The van der Waals surface area contributed by atoms with Gasteiger partial charge in [0.1, 0.15) is 11.9 Å². The van der Waals surface area contributed by atoms with Crippen LogP contribution in [0.5, 0.6) is 5.75 Å². The van der Waals surface area contributed by atoms with Gasteiger partial charge in [-0.2, -0.15) is 0 Å². The van der Waals surface area contributed by atoms with Gasteiger partial charge in [0.15, 0.2) is 5.65 Å². The highest BCUT2D eigenvalue weighted by atomic mass is 32.2. The number of aromatic nitrogens is 3. The molecule has 2 aromatic rings. The molecule has 5 unspecified atom stereocenters. The van der Waals surface area contributed by atoms with Gasteiger partial charge in [-0.25, -0.2) is 8.42 Å². The Morgan fingerprint density at radius 1 is 1.06 bits per heavy atom. The number of hydrogen-bond acceptors (Lipinski definition) is 5. The second-order valence-electron chi connectivity index (χ2n) is 10.7. The second kappa shape index (κ2) is 7.09. The van der Waals surface area contributed by atoms with Crippen molar-refractivity contribution in [3.05, 3.63) is 17.8 Å². The van der Waals surface area contributed by atoms with Crippen molar-refractivity contribution in [1.82, 2.24) is 14.6 Å². The maximum atomic E-state index is 12.4. The predicted molar refractivity (Wildman–Crippen MR) is 119 cm³/mol. The zero-order chi connectivity index (χ0) is 21.3. The molecule has 4 aliphatic carbocycles. The minimum atomic E-state index is -3.38. The molecule has 0 aromatic carbocycles. The lowest BCUT2D eigenvalue weighted by Crippen LogP contribution is -2.44. The van der Waals surface area contributed by atoms with Crippen molar-refractivity contribution >= 4 is 21.6 Å². The largest absolute Gasteiger partial charge is 0.489 e. The Kier molecular flexibility index (Phi) is 4.53. The maximum absolute atomic E-state index is 12.4. The van der Waals surface area contributed by atoms with E-state index < -0.39 is 10.0 Å². The van der Waals surface area contributed by atoms with Crippen LogP contribution in [0.25, 0.3) is 5.65 Å². The molecular formula is C23H32N4O3S. The van der Waals surface area contributed by atoms with Gasteiger partial charge in [-0.15, -0.1) is 10.2 Å². The highest BCUT2D eigenvalue weighted by Crippen LogP contribution is 2.49. The Morgan fingerprint density at radius 2 is 1.87 bits per heavy atom. The molecule has 0 amide bonds. The average Bonchev–Trinajstić information content (AvgIpc) is 3.61. The lowest BCUT2D eigenvalue weighted by Gasteiger charge is -2.46. The molecule has 4 saturated carbocycles. The molecule has 5 atom stereocenters. The second-order valence-corrected chi connectivity index (χ2v) is 12.7. The van der Waals surface area contributed by atoms with Crippen molar-refractivity contribution in [3.8, 4) is 5.75 Å². The number of nitrogens with one attached hydrogen (secondary N) is 1. The normalized spacial score (nSPS) is 33.4. The van der Waals surface area contributed by atoms with Crippen LogP contribution in [-0.4, -0.2) is 34.4 Å². The Bertz CT molecular complexity index is 1100. The average molecular weight is 445 g/mol. The van der Waals surface area contributed by atoms with Gasteiger partial charge in [-0.3, -0.25) is 9.12 Å². The zero-order valence-corrected chi connectivity index (χ0v) is 19.1. The molecule has 1 N–H and O–H groups in total. The van der Waals surface area contributed by atoms with Gasteiger partial charge in [0, 0.05) is 17.8 Å². The third-order valence-electron chi connectivity index (χ3n) is 7.82. The summed E-state index contributed by atoms with van der Waals surface area (Å²) in [5.41, 5.74) is 1.79. The first-order chi connectivity index (χ1) is 14.9. The van der Waals surface area contributed by atoms with Crippen LogP contribution in [0.1, 0.15) is 76.7 Å². The van der Waals surface area contributed by atoms with Gasteiger partial charge < -0.3 is 4.74 Å². The molecule has 4 aliphatic rings. The van der Waals surface area contributed by atoms with Crippen LogP contribution in [0, 0.1) is 23.7 Å². The molecule has 8 heteroatoms. The van der Waals surface area contributed by atoms with E-state index in [-0.39, 0.29) is 17.3 Å². The third-order valence-corrected chi connectivity index (χ3v) is 9.64. The van der Waals surface area contributed by atoms with Crippen molar-refractivity contribution in [2.45, 2.75) is 82.5 Å². The SMILES string of the molecule is CC1CC2CC(C)C(Oc3cc4nnc(NS(=O)(=O)C5CC5)n4cc3C3CC3)C(C1)C2. The maximum Gasteiger partial charge on any atom is 0.242 e. The minimum absolute atomic E-state index is 0.245. The van der Waals surface area contributed by atoms with Gasteiger partial charge in [-0.1, -0.05) is 13.8 Å². The van der Waals surface area contributed by atoms with E-state index in [1.165, 1.54) is 25.7 Å². The molecule has 2 aromatic heterocycles. The van der Waals surface area contributed by atoms with E-state index in [9.17, 15) is 8.42 Å². The summed E-state index contributed by atoms with van der Waals surface area (Å²) in [4.78, 5) is 0. The summed E-state index contributed by atoms with van der Waals surface area (Å²) in [6.45, 7) is 4.73. The Balaban J connectivity index is 1.32. The first-order valence-electron chi connectivity index (χ1n) is 11.9. The van der Waals surface area contributed by atoms with E-state index in [0.717, 1.165) is 48.8 Å². The Labute approximate surface area is 184 Å². The van der Waals surface area contributed by atoms with Crippen LogP contribution >= 0.6 is 0 Å². The van der Waals surface area contributed by atoms with Gasteiger partial charge in [0.25, 0.3) is 0 Å². The molecule has 7 nitrogen and oxygen atoms in total. The van der Waals surface area contributed by atoms with Gasteiger partial charge in [0.05, 0.1) is 5.25 Å². The number of pyridine rings is 1. The van der Waals surface area contributed by atoms with Crippen LogP contribution in [-0.2, 0) is 10.0 Å². The van der Waals surface area contributed by atoms with Crippen LogP contribution in [0.4, 0.5) is 5.95 Å². The van der Waals surface area contributed by atoms with E-state index in [1.54, 1.807) is 4.40 Å². The van der Waals surface area contributed by atoms with Crippen LogP contribution in [0.15, 0.2) is 12.3 Å². The summed E-state index contributed by atoms with van der Waals surface area (Å²) >= 11 is 0. The zero-order valence-electron chi connectivity index (χ0n) is 18.3. The fourth-order valence-electron chi connectivity index (χ4n) is 6.14. The van der Waals surface area contributed by atoms with E-state index in [2.05, 4.69) is 28.8 Å². The Morgan fingerprint density at radius 3 is 2.61 bits per heavy atom. The van der Waals surface area contributed by atoms with Crippen molar-refractivity contribution < 1.29 is 13.2 Å². The molecule has 2 bridgehead atoms. The topological polar surface area (TPSA) is 85.6 Å². The molecule has 6 rings (SSSR count). The van der Waals surface area contributed by atoms with Crippen molar-refractivity contribution in [2.24, 2.45) is 23.7 Å². The van der Waals surface area contributed by atoms with Crippen molar-refractivity contribution in [1.29, 1.82) is 0 Å². The third kappa shape index (κ3) is 3.70. The lowest BCUT2D eigenvalue weighted by atomic mass is 9.64. The molecule has 4 fully saturated rings. The molecular weight excluding hydrogens is 412 g/mol. The number of hydrogen-bond donors (Lipinski definition) is 1. The number of ether oxygens (including phenoxy) is 1.